The molecule has 5 fully saturated rings. The Morgan fingerprint density at radius 1 is 0.848 bits per heavy atom. The van der Waals surface area contributed by atoms with Gasteiger partial charge in [-0.2, -0.15) is 0 Å². The number of aliphatic hydroxyl groups is 1. The minimum atomic E-state index is -0.546. The van der Waals surface area contributed by atoms with Crippen LogP contribution < -0.4 is 0 Å². The Hall–Kier alpha value is -0.570. The lowest BCUT2D eigenvalue weighted by Crippen LogP contribution is -2.66. The summed E-state index contributed by atoms with van der Waals surface area (Å²) in [6, 6.07) is 0. The van der Waals surface area contributed by atoms with Crippen LogP contribution in [0.3, 0.4) is 0 Å². The highest BCUT2D eigenvalue weighted by atomic mass is 16.4. The molecule has 0 amide bonds. The fourth-order valence-corrected chi connectivity index (χ4v) is 11.9. The van der Waals surface area contributed by atoms with Crippen LogP contribution in [0.2, 0.25) is 0 Å². The summed E-state index contributed by atoms with van der Waals surface area (Å²) in [6.07, 6.45) is 13.0. The summed E-state index contributed by atoms with van der Waals surface area (Å²) < 4.78 is 0. The summed E-state index contributed by atoms with van der Waals surface area (Å²) in [5, 5.41) is 20.6. The van der Waals surface area contributed by atoms with E-state index in [-0.39, 0.29) is 23.9 Å². The Morgan fingerprint density at radius 3 is 2.24 bits per heavy atom. The second-order valence-corrected chi connectivity index (χ2v) is 14.9. The van der Waals surface area contributed by atoms with Crippen LogP contribution in [0.15, 0.2) is 0 Å². The highest BCUT2D eigenvalue weighted by Gasteiger charge is 2.71. The van der Waals surface area contributed by atoms with Gasteiger partial charge in [0.15, 0.2) is 0 Å². The highest BCUT2D eigenvalue weighted by Crippen LogP contribution is 2.77. The lowest BCUT2D eigenvalue weighted by molar-refractivity contribution is -0.240. The van der Waals surface area contributed by atoms with Gasteiger partial charge in [-0.05, 0) is 121 Å². The SMILES string of the molecule is CC(CO)C1CCC2(C(=O)O)CC[C@]3(C)C(CCC4C5(C)CCCC(C)(C)C5CCC43C)C12. The summed E-state index contributed by atoms with van der Waals surface area (Å²) in [4.78, 5) is 12.8. The zero-order valence-corrected chi connectivity index (χ0v) is 22.3. The van der Waals surface area contributed by atoms with E-state index in [1.54, 1.807) is 0 Å². The Bertz CT molecular complexity index is 804. The van der Waals surface area contributed by atoms with E-state index in [2.05, 4.69) is 41.5 Å². The van der Waals surface area contributed by atoms with Gasteiger partial charge in [0.05, 0.1) is 5.41 Å². The van der Waals surface area contributed by atoms with Crippen molar-refractivity contribution in [2.24, 2.45) is 62.6 Å². The monoisotopic (exact) mass is 458 g/mol. The number of hydrogen-bond donors (Lipinski definition) is 2. The van der Waals surface area contributed by atoms with Crippen molar-refractivity contribution in [3.63, 3.8) is 0 Å². The number of aliphatic hydroxyl groups excluding tert-OH is 1. The Kier molecular flexibility index (Phi) is 5.46. The van der Waals surface area contributed by atoms with Gasteiger partial charge in [-0.3, -0.25) is 4.79 Å². The first-order valence-electron chi connectivity index (χ1n) is 14.2. The molecule has 0 heterocycles. The first-order chi connectivity index (χ1) is 15.4. The largest absolute Gasteiger partial charge is 0.481 e. The van der Waals surface area contributed by atoms with Gasteiger partial charge in [-0.25, -0.2) is 0 Å². The smallest absolute Gasteiger partial charge is 0.309 e. The van der Waals surface area contributed by atoms with Gasteiger partial charge >= 0.3 is 5.97 Å². The zero-order valence-electron chi connectivity index (χ0n) is 22.3. The van der Waals surface area contributed by atoms with Crippen LogP contribution in [-0.2, 0) is 4.79 Å². The van der Waals surface area contributed by atoms with E-state index < -0.39 is 11.4 Å². The Balaban J connectivity index is 1.56. The molecule has 9 unspecified atom stereocenters. The van der Waals surface area contributed by atoms with Crippen LogP contribution in [0.25, 0.3) is 0 Å². The number of carboxylic acids is 1. The van der Waals surface area contributed by atoms with E-state index >= 15 is 0 Å². The minimum Gasteiger partial charge on any atom is -0.481 e. The molecule has 188 valence electrons. The molecular formula is C30H50O3. The molecule has 2 N–H and O–H groups in total. The lowest BCUT2D eigenvalue weighted by Gasteiger charge is -2.72. The third-order valence-corrected chi connectivity index (χ3v) is 13.7. The highest BCUT2D eigenvalue weighted by molar-refractivity contribution is 5.76. The van der Waals surface area contributed by atoms with Gasteiger partial charge < -0.3 is 10.2 Å². The maximum absolute atomic E-state index is 12.8. The maximum atomic E-state index is 12.8. The molecule has 0 saturated heterocycles. The molecule has 0 aromatic rings. The summed E-state index contributed by atoms with van der Waals surface area (Å²) in [7, 11) is 0. The average molecular weight is 459 g/mol. The predicted molar refractivity (Wildman–Crippen MR) is 133 cm³/mol. The van der Waals surface area contributed by atoms with Crippen LogP contribution in [0.1, 0.15) is 112 Å². The standard InChI is InChI=1S/C30H50O3/c1-19(18-31)20-10-15-30(25(32)33)17-16-28(5)21(24(20)30)8-9-23-27(4)13-7-12-26(2,3)22(27)11-14-29(23,28)6/h19-24,31H,7-18H2,1-6H3,(H,32,33)/t19?,20?,21?,22?,23?,24?,27?,28-,29?,30?/m1/s1. The lowest BCUT2D eigenvalue weighted by atomic mass is 9.32. The van der Waals surface area contributed by atoms with Crippen molar-refractivity contribution >= 4 is 5.97 Å². The molecule has 0 aromatic heterocycles. The van der Waals surface area contributed by atoms with Crippen molar-refractivity contribution in [1.29, 1.82) is 0 Å². The van der Waals surface area contributed by atoms with Crippen molar-refractivity contribution in [2.75, 3.05) is 6.61 Å². The third-order valence-electron chi connectivity index (χ3n) is 13.7. The normalized spacial score (nSPS) is 53.8. The molecule has 0 bridgehead atoms. The van der Waals surface area contributed by atoms with E-state index in [0.29, 0.717) is 28.1 Å². The Labute approximate surface area is 202 Å². The molecule has 5 aliphatic rings. The molecule has 0 aliphatic heterocycles. The first-order valence-corrected chi connectivity index (χ1v) is 14.2. The van der Waals surface area contributed by atoms with Crippen LogP contribution in [0.4, 0.5) is 0 Å². The van der Waals surface area contributed by atoms with E-state index in [1.807, 2.05) is 0 Å². The molecule has 3 nitrogen and oxygen atoms in total. The van der Waals surface area contributed by atoms with Gasteiger partial charge in [0.25, 0.3) is 0 Å². The molecule has 33 heavy (non-hydrogen) atoms. The molecule has 5 aliphatic carbocycles. The summed E-state index contributed by atoms with van der Waals surface area (Å²) in [6.45, 7) is 15.3. The molecule has 0 radical (unpaired) electrons. The quantitative estimate of drug-likeness (QED) is 0.471. The second-order valence-electron chi connectivity index (χ2n) is 14.9. The third kappa shape index (κ3) is 2.93. The summed E-state index contributed by atoms with van der Waals surface area (Å²) >= 11 is 0. The number of carboxylic acid groups (broad SMARTS) is 1. The van der Waals surface area contributed by atoms with Crippen LogP contribution in [-0.4, -0.2) is 22.8 Å². The van der Waals surface area contributed by atoms with Crippen molar-refractivity contribution < 1.29 is 15.0 Å². The molecule has 0 aromatic carbocycles. The van der Waals surface area contributed by atoms with Gasteiger partial charge in [0, 0.05) is 6.61 Å². The molecular weight excluding hydrogens is 408 g/mol. The first kappa shape index (κ1) is 24.1. The van der Waals surface area contributed by atoms with Crippen molar-refractivity contribution in [1.82, 2.24) is 0 Å². The van der Waals surface area contributed by atoms with Gasteiger partial charge in [-0.1, -0.05) is 48.0 Å². The van der Waals surface area contributed by atoms with Crippen molar-refractivity contribution in [3.8, 4) is 0 Å². The van der Waals surface area contributed by atoms with E-state index in [4.69, 9.17) is 0 Å². The number of fused-ring (bicyclic) bond motifs is 7. The van der Waals surface area contributed by atoms with Crippen LogP contribution >= 0.6 is 0 Å². The zero-order chi connectivity index (χ0) is 24.0. The van der Waals surface area contributed by atoms with Crippen molar-refractivity contribution in [2.45, 2.75) is 112 Å². The number of rotatable bonds is 3. The fourth-order valence-electron chi connectivity index (χ4n) is 11.9. The molecule has 10 atom stereocenters. The van der Waals surface area contributed by atoms with E-state index in [9.17, 15) is 15.0 Å². The maximum Gasteiger partial charge on any atom is 0.309 e. The molecule has 5 saturated carbocycles. The van der Waals surface area contributed by atoms with E-state index in [1.165, 1.54) is 44.9 Å². The number of aliphatic carboxylic acids is 1. The topological polar surface area (TPSA) is 57.5 Å². The second kappa shape index (κ2) is 7.47. The molecule has 3 heteroatoms. The average Bonchev–Trinajstić information content (AvgIpc) is 3.14. The fraction of sp³-hybridized carbons (Fsp3) is 0.967. The Morgan fingerprint density at radius 2 is 1.58 bits per heavy atom. The van der Waals surface area contributed by atoms with Gasteiger partial charge in [0.1, 0.15) is 0 Å². The number of hydrogen-bond acceptors (Lipinski definition) is 2. The van der Waals surface area contributed by atoms with Crippen molar-refractivity contribution in [3.05, 3.63) is 0 Å². The summed E-state index contributed by atoms with van der Waals surface area (Å²) in [5.74, 6) is 2.33. The molecule has 5 rings (SSSR count). The number of carbonyl (C=O) groups is 1. The van der Waals surface area contributed by atoms with Crippen LogP contribution in [0, 0.1) is 62.6 Å². The molecule has 0 spiro atoms. The van der Waals surface area contributed by atoms with E-state index in [0.717, 1.165) is 37.5 Å². The minimum absolute atomic E-state index is 0.190. The van der Waals surface area contributed by atoms with Gasteiger partial charge in [-0.15, -0.1) is 0 Å². The summed E-state index contributed by atoms with van der Waals surface area (Å²) in [5.41, 5.74) is 0.846. The predicted octanol–water partition coefficient (Wildman–Crippen LogP) is 7.17. The van der Waals surface area contributed by atoms with Gasteiger partial charge in [0.2, 0.25) is 0 Å². The van der Waals surface area contributed by atoms with Crippen LogP contribution in [0.5, 0.6) is 0 Å².